The van der Waals surface area contributed by atoms with Crippen LogP contribution in [0.3, 0.4) is 0 Å². The summed E-state index contributed by atoms with van der Waals surface area (Å²) in [5, 5.41) is 12.2. The molecule has 0 heterocycles. The Kier molecular flexibility index (Phi) is 5.32. The van der Waals surface area contributed by atoms with Crippen LogP contribution in [0.15, 0.2) is 54.1 Å². The van der Waals surface area contributed by atoms with Crippen LogP contribution in [-0.2, 0) is 4.79 Å². The summed E-state index contributed by atoms with van der Waals surface area (Å²) in [5.41, 5.74) is 4.20. The Hall–Kier alpha value is -2.86. The first kappa shape index (κ1) is 16.5. The van der Waals surface area contributed by atoms with Gasteiger partial charge in [0.05, 0.1) is 6.04 Å². The fourth-order valence-electron chi connectivity index (χ4n) is 2.39. The molecule has 0 radical (unpaired) electrons. The average molecular weight is 304 g/mol. The van der Waals surface area contributed by atoms with E-state index in [9.17, 15) is 10.1 Å². The third-order valence-electron chi connectivity index (χ3n) is 3.74. The van der Waals surface area contributed by atoms with Crippen molar-refractivity contribution in [2.75, 3.05) is 0 Å². The second-order valence-electron chi connectivity index (χ2n) is 5.64. The highest BCUT2D eigenvalue weighted by molar-refractivity contribution is 6.02. The number of nitrogens with zero attached hydrogens (tertiary/aromatic N) is 1. The molecule has 3 nitrogen and oxygen atoms in total. The van der Waals surface area contributed by atoms with Crippen molar-refractivity contribution in [2.45, 2.75) is 26.8 Å². The number of carbonyl (C=O) groups is 1. The van der Waals surface area contributed by atoms with E-state index in [4.69, 9.17) is 0 Å². The maximum absolute atomic E-state index is 12.3. The Bertz CT molecular complexity index is 770. The first-order valence-electron chi connectivity index (χ1n) is 7.56. The molecule has 3 heteroatoms. The van der Waals surface area contributed by atoms with Crippen molar-refractivity contribution in [3.63, 3.8) is 0 Å². The Morgan fingerprint density at radius 2 is 1.87 bits per heavy atom. The highest BCUT2D eigenvalue weighted by Crippen LogP contribution is 2.16. The standard InChI is InChI=1S/C20H20N2O/c1-14-9-10-18(15(2)11-14)12-19(13-21)20(23)22-16(3)17-7-5-4-6-8-17/h4-12,16H,1-3H3,(H,22,23)/b19-12+. The number of hydrogen-bond donors (Lipinski definition) is 1. The van der Waals surface area contributed by atoms with Gasteiger partial charge in [0, 0.05) is 0 Å². The zero-order chi connectivity index (χ0) is 16.8. The van der Waals surface area contributed by atoms with E-state index in [2.05, 4.69) is 5.32 Å². The number of hydrogen-bond acceptors (Lipinski definition) is 2. The Labute approximate surface area is 137 Å². The summed E-state index contributed by atoms with van der Waals surface area (Å²) in [7, 11) is 0. The third-order valence-corrected chi connectivity index (χ3v) is 3.74. The summed E-state index contributed by atoms with van der Waals surface area (Å²) >= 11 is 0. The molecule has 0 aliphatic rings. The Morgan fingerprint density at radius 3 is 2.48 bits per heavy atom. The molecule has 0 fully saturated rings. The zero-order valence-corrected chi connectivity index (χ0v) is 13.6. The second kappa shape index (κ2) is 7.42. The van der Waals surface area contributed by atoms with Crippen LogP contribution in [0.1, 0.15) is 35.2 Å². The van der Waals surface area contributed by atoms with Gasteiger partial charge < -0.3 is 5.32 Å². The Balaban J connectivity index is 2.19. The van der Waals surface area contributed by atoms with Crippen molar-refractivity contribution in [1.82, 2.24) is 5.32 Å². The molecule has 0 saturated carbocycles. The van der Waals surface area contributed by atoms with Crippen molar-refractivity contribution in [1.29, 1.82) is 5.26 Å². The van der Waals surface area contributed by atoms with Crippen LogP contribution in [0.5, 0.6) is 0 Å². The predicted molar refractivity (Wildman–Crippen MR) is 92.5 cm³/mol. The fourth-order valence-corrected chi connectivity index (χ4v) is 2.39. The van der Waals surface area contributed by atoms with Gasteiger partial charge in [-0.3, -0.25) is 4.79 Å². The lowest BCUT2D eigenvalue weighted by Gasteiger charge is -2.14. The number of benzene rings is 2. The summed E-state index contributed by atoms with van der Waals surface area (Å²) in [4.78, 5) is 12.3. The van der Waals surface area contributed by atoms with Crippen molar-refractivity contribution < 1.29 is 4.79 Å². The topological polar surface area (TPSA) is 52.9 Å². The molecule has 2 aromatic carbocycles. The van der Waals surface area contributed by atoms with Crippen LogP contribution < -0.4 is 5.32 Å². The predicted octanol–water partition coefficient (Wildman–Crippen LogP) is 4.09. The number of amides is 1. The van der Waals surface area contributed by atoms with Gasteiger partial charge in [-0.2, -0.15) is 5.26 Å². The molecule has 23 heavy (non-hydrogen) atoms. The van der Waals surface area contributed by atoms with E-state index in [-0.39, 0.29) is 17.5 Å². The molecule has 0 spiro atoms. The summed E-state index contributed by atoms with van der Waals surface area (Å²) in [5.74, 6) is -0.358. The smallest absolute Gasteiger partial charge is 0.262 e. The van der Waals surface area contributed by atoms with E-state index in [0.29, 0.717) is 0 Å². The van der Waals surface area contributed by atoms with Gasteiger partial charge in [-0.1, -0.05) is 54.1 Å². The molecule has 0 saturated heterocycles. The fraction of sp³-hybridized carbons (Fsp3) is 0.200. The van der Waals surface area contributed by atoms with E-state index in [1.165, 1.54) is 0 Å². The maximum Gasteiger partial charge on any atom is 0.262 e. The molecule has 2 rings (SSSR count). The van der Waals surface area contributed by atoms with Crippen molar-refractivity contribution >= 4 is 12.0 Å². The normalized spacial score (nSPS) is 12.3. The van der Waals surface area contributed by atoms with E-state index < -0.39 is 0 Å². The first-order valence-corrected chi connectivity index (χ1v) is 7.56. The molecular formula is C20H20N2O. The molecule has 116 valence electrons. The van der Waals surface area contributed by atoms with Gasteiger partial charge in [-0.25, -0.2) is 0 Å². The summed E-state index contributed by atoms with van der Waals surface area (Å²) in [6.07, 6.45) is 1.64. The second-order valence-corrected chi connectivity index (χ2v) is 5.64. The lowest BCUT2D eigenvalue weighted by atomic mass is 10.0. The van der Waals surface area contributed by atoms with Gasteiger partial charge in [-0.05, 0) is 43.5 Å². The molecule has 0 aromatic heterocycles. The quantitative estimate of drug-likeness (QED) is 0.683. The van der Waals surface area contributed by atoms with E-state index in [0.717, 1.165) is 22.3 Å². The highest BCUT2D eigenvalue weighted by atomic mass is 16.1. The molecule has 0 aliphatic carbocycles. The molecule has 1 amide bonds. The van der Waals surface area contributed by atoms with Gasteiger partial charge >= 0.3 is 0 Å². The van der Waals surface area contributed by atoms with Crippen molar-refractivity contribution in [3.05, 3.63) is 76.4 Å². The molecule has 2 aromatic rings. The number of nitriles is 1. The van der Waals surface area contributed by atoms with Crippen molar-refractivity contribution in [2.24, 2.45) is 0 Å². The van der Waals surface area contributed by atoms with Crippen LogP contribution in [0.4, 0.5) is 0 Å². The van der Waals surface area contributed by atoms with Crippen LogP contribution in [0.25, 0.3) is 6.08 Å². The summed E-state index contributed by atoms with van der Waals surface area (Å²) in [6.45, 7) is 5.89. The highest BCUT2D eigenvalue weighted by Gasteiger charge is 2.14. The van der Waals surface area contributed by atoms with E-state index in [1.807, 2.05) is 75.4 Å². The molecule has 1 atom stereocenters. The van der Waals surface area contributed by atoms with Crippen LogP contribution in [-0.4, -0.2) is 5.91 Å². The average Bonchev–Trinajstić information content (AvgIpc) is 2.54. The number of nitrogens with one attached hydrogen (secondary N) is 1. The minimum atomic E-state index is -0.358. The third kappa shape index (κ3) is 4.31. The van der Waals surface area contributed by atoms with Gasteiger partial charge in [0.15, 0.2) is 0 Å². The lowest BCUT2D eigenvalue weighted by Crippen LogP contribution is -2.27. The first-order chi connectivity index (χ1) is 11.0. The van der Waals surface area contributed by atoms with Gasteiger partial charge in [0.25, 0.3) is 5.91 Å². The van der Waals surface area contributed by atoms with Crippen molar-refractivity contribution in [3.8, 4) is 6.07 Å². The van der Waals surface area contributed by atoms with Crippen LogP contribution in [0, 0.1) is 25.2 Å². The largest absolute Gasteiger partial charge is 0.345 e. The minimum absolute atomic E-state index is 0.111. The number of carbonyl (C=O) groups excluding carboxylic acids is 1. The van der Waals surface area contributed by atoms with E-state index >= 15 is 0 Å². The van der Waals surface area contributed by atoms with Gasteiger partial charge in [-0.15, -0.1) is 0 Å². The van der Waals surface area contributed by atoms with Crippen LogP contribution in [0.2, 0.25) is 0 Å². The molecular weight excluding hydrogens is 284 g/mol. The van der Waals surface area contributed by atoms with E-state index in [1.54, 1.807) is 6.08 Å². The maximum atomic E-state index is 12.3. The lowest BCUT2D eigenvalue weighted by molar-refractivity contribution is -0.117. The molecule has 1 unspecified atom stereocenters. The molecule has 0 aliphatic heterocycles. The summed E-state index contributed by atoms with van der Waals surface area (Å²) in [6, 6.07) is 17.5. The summed E-state index contributed by atoms with van der Waals surface area (Å²) < 4.78 is 0. The zero-order valence-electron chi connectivity index (χ0n) is 13.6. The number of aryl methyl sites for hydroxylation is 2. The molecule has 0 bridgehead atoms. The van der Waals surface area contributed by atoms with Crippen LogP contribution >= 0.6 is 0 Å². The Morgan fingerprint density at radius 1 is 1.17 bits per heavy atom. The number of rotatable bonds is 4. The molecule has 1 N–H and O–H groups in total. The monoisotopic (exact) mass is 304 g/mol. The SMILES string of the molecule is Cc1ccc(/C=C(\C#N)C(=O)NC(C)c2ccccc2)c(C)c1. The van der Waals surface area contributed by atoms with Gasteiger partial charge in [0.1, 0.15) is 11.6 Å². The van der Waals surface area contributed by atoms with Gasteiger partial charge in [0.2, 0.25) is 0 Å². The minimum Gasteiger partial charge on any atom is -0.345 e.